The predicted molar refractivity (Wildman–Crippen MR) is 56.3 cm³/mol. The number of methoxy groups -OCH3 is 1. The SMILES string of the molecule is COc1ccc(F)cc1C(O)CSC. The van der Waals surface area contributed by atoms with Crippen molar-refractivity contribution in [3.05, 3.63) is 29.6 Å². The van der Waals surface area contributed by atoms with Crippen LogP contribution in [0.3, 0.4) is 0 Å². The second kappa shape index (κ2) is 5.22. The number of hydrogen-bond acceptors (Lipinski definition) is 3. The molecule has 0 spiro atoms. The van der Waals surface area contributed by atoms with Gasteiger partial charge in [-0.05, 0) is 24.5 Å². The maximum atomic E-state index is 12.9. The Morgan fingerprint density at radius 1 is 1.57 bits per heavy atom. The van der Waals surface area contributed by atoms with Gasteiger partial charge in [0.2, 0.25) is 0 Å². The van der Waals surface area contributed by atoms with Crippen LogP contribution in [0.4, 0.5) is 4.39 Å². The van der Waals surface area contributed by atoms with Crippen LogP contribution in [-0.2, 0) is 0 Å². The Labute approximate surface area is 87.1 Å². The topological polar surface area (TPSA) is 29.5 Å². The van der Waals surface area contributed by atoms with E-state index in [0.717, 1.165) is 0 Å². The minimum absolute atomic E-state index is 0.360. The summed E-state index contributed by atoms with van der Waals surface area (Å²) in [5.74, 6) is 0.689. The van der Waals surface area contributed by atoms with E-state index in [2.05, 4.69) is 0 Å². The molecular weight excluding hydrogens is 203 g/mol. The molecule has 1 N–H and O–H groups in total. The number of aliphatic hydroxyl groups is 1. The molecule has 4 heteroatoms. The van der Waals surface area contributed by atoms with Gasteiger partial charge in [0.25, 0.3) is 0 Å². The van der Waals surface area contributed by atoms with Crippen LogP contribution < -0.4 is 4.74 Å². The van der Waals surface area contributed by atoms with Crippen LogP contribution in [0.15, 0.2) is 18.2 Å². The van der Waals surface area contributed by atoms with Gasteiger partial charge in [0.15, 0.2) is 0 Å². The van der Waals surface area contributed by atoms with Gasteiger partial charge in [0.05, 0.1) is 13.2 Å². The van der Waals surface area contributed by atoms with E-state index in [9.17, 15) is 9.50 Å². The molecule has 78 valence electrons. The van der Waals surface area contributed by atoms with Gasteiger partial charge < -0.3 is 9.84 Å². The maximum Gasteiger partial charge on any atom is 0.124 e. The van der Waals surface area contributed by atoms with E-state index in [1.54, 1.807) is 0 Å². The van der Waals surface area contributed by atoms with Crippen LogP contribution >= 0.6 is 11.8 Å². The summed E-state index contributed by atoms with van der Waals surface area (Å²) < 4.78 is 17.9. The molecule has 1 aromatic rings. The molecule has 0 aromatic heterocycles. The van der Waals surface area contributed by atoms with Crippen molar-refractivity contribution in [1.29, 1.82) is 0 Å². The van der Waals surface area contributed by atoms with E-state index in [1.807, 2.05) is 6.26 Å². The number of ether oxygens (including phenoxy) is 1. The van der Waals surface area contributed by atoms with Crippen molar-refractivity contribution >= 4 is 11.8 Å². The Kier molecular flexibility index (Phi) is 4.22. The van der Waals surface area contributed by atoms with Crippen LogP contribution in [0.25, 0.3) is 0 Å². The molecular formula is C10H13FO2S. The molecule has 0 heterocycles. The third-order valence-corrected chi connectivity index (χ3v) is 2.52. The fourth-order valence-corrected chi connectivity index (χ4v) is 1.71. The van der Waals surface area contributed by atoms with Crippen LogP contribution in [-0.4, -0.2) is 24.2 Å². The van der Waals surface area contributed by atoms with Crippen LogP contribution in [0.1, 0.15) is 11.7 Å². The standard InChI is InChI=1S/C10H13FO2S/c1-13-10-4-3-7(11)5-8(10)9(12)6-14-2/h3-5,9,12H,6H2,1-2H3. The molecule has 1 unspecified atom stereocenters. The van der Waals surface area contributed by atoms with Gasteiger partial charge in [-0.2, -0.15) is 11.8 Å². The van der Waals surface area contributed by atoms with Gasteiger partial charge in [0, 0.05) is 11.3 Å². The molecule has 1 rings (SSSR count). The van der Waals surface area contributed by atoms with E-state index < -0.39 is 6.10 Å². The van der Waals surface area contributed by atoms with E-state index in [1.165, 1.54) is 37.1 Å². The Hall–Kier alpha value is -0.740. The van der Waals surface area contributed by atoms with Gasteiger partial charge in [-0.15, -0.1) is 0 Å². The first kappa shape index (κ1) is 11.3. The summed E-state index contributed by atoms with van der Waals surface area (Å²) in [6, 6.07) is 4.14. The first-order valence-corrected chi connectivity index (χ1v) is 5.59. The molecule has 0 aliphatic carbocycles. The Bertz CT molecular complexity index is 304. The van der Waals surface area contributed by atoms with Gasteiger partial charge in [0.1, 0.15) is 11.6 Å². The molecule has 0 aliphatic rings. The number of aliphatic hydroxyl groups excluding tert-OH is 1. The molecule has 0 amide bonds. The molecule has 0 saturated heterocycles. The lowest BCUT2D eigenvalue weighted by atomic mass is 10.1. The molecule has 14 heavy (non-hydrogen) atoms. The van der Waals surface area contributed by atoms with Gasteiger partial charge in [-0.25, -0.2) is 4.39 Å². The smallest absolute Gasteiger partial charge is 0.124 e. The van der Waals surface area contributed by atoms with Crippen molar-refractivity contribution in [3.8, 4) is 5.75 Å². The number of thioether (sulfide) groups is 1. The summed E-state index contributed by atoms with van der Waals surface area (Å²) in [5.41, 5.74) is 0.502. The second-order valence-electron chi connectivity index (χ2n) is 2.86. The minimum atomic E-state index is -0.685. The number of hydrogen-bond donors (Lipinski definition) is 1. The van der Waals surface area contributed by atoms with Crippen molar-refractivity contribution in [2.75, 3.05) is 19.1 Å². The predicted octanol–water partition coefficient (Wildman–Crippen LogP) is 2.23. The fraction of sp³-hybridized carbons (Fsp3) is 0.400. The zero-order chi connectivity index (χ0) is 10.6. The van der Waals surface area contributed by atoms with E-state index in [-0.39, 0.29) is 5.82 Å². The average molecular weight is 216 g/mol. The number of rotatable bonds is 4. The summed E-state index contributed by atoms with van der Waals surface area (Å²) >= 11 is 1.50. The minimum Gasteiger partial charge on any atom is -0.496 e. The Morgan fingerprint density at radius 3 is 2.86 bits per heavy atom. The third kappa shape index (κ3) is 2.62. The Balaban J connectivity index is 2.97. The monoisotopic (exact) mass is 216 g/mol. The molecule has 0 saturated carbocycles. The molecule has 0 radical (unpaired) electrons. The normalized spacial score (nSPS) is 12.6. The number of benzene rings is 1. The summed E-state index contributed by atoms with van der Waals surface area (Å²) in [5, 5.41) is 9.69. The molecule has 0 aliphatic heterocycles. The molecule has 1 aromatic carbocycles. The lowest BCUT2D eigenvalue weighted by molar-refractivity contribution is 0.198. The maximum absolute atomic E-state index is 12.9. The highest BCUT2D eigenvalue weighted by atomic mass is 32.2. The Morgan fingerprint density at radius 2 is 2.29 bits per heavy atom. The summed E-state index contributed by atoms with van der Waals surface area (Å²) in [4.78, 5) is 0. The van der Waals surface area contributed by atoms with Crippen LogP contribution in [0.2, 0.25) is 0 Å². The summed E-state index contributed by atoms with van der Waals surface area (Å²) in [6.45, 7) is 0. The lowest BCUT2D eigenvalue weighted by Gasteiger charge is -2.13. The van der Waals surface area contributed by atoms with Crippen molar-refractivity contribution in [1.82, 2.24) is 0 Å². The summed E-state index contributed by atoms with van der Waals surface area (Å²) in [7, 11) is 1.50. The number of halogens is 1. The quantitative estimate of drug-likeness (QED) is 0.837. The van der Waals surface area contributed by atoms with E-state index in [0.29, 0.717) is 17.1 Å². The van der Waals surface area contributed by atoms with E-state index >= 15 is 0 Å². The molecule has 2 nitrogen and oxygen atoms in total. The van der Waals surface area contributed by atoms with Gasteiger partial charge in [-0.1, -0.05) is 0 Å². The molecule has 1 atom stereocenters. The van der Waals surface area contributed by atoms with Crippen LogP contribution in [0, 0.1) is 5.82 Å². The molecule has 0 fully saturated rings. The highest BCUT2D eigenvalue weighted by Crippen LogP contribution is 2.27. The van der Waals surface area contributed by atoms with Crippen molar-refractivity contribution in [2.45, 2.75) is 6.10 Å². The second-order valence-corrected chi connectivity index (χ2v) is 3.77. The van der Waals surface area contributed by atoms with Gasteiger partial charge >= 0.3 is 0 Å². The largest absolute Gasteiger partial charge is 0.496 e. The van der Waals surface area contributed by atoms with Crippen molar-refractivity contribution < 1.29 is 14.2 Å². The van der Waals surface area contributed by atoms with Gasteiger partial charge in [-0.3, -0.25) is 0 Å². The van der Waals surface area contributed by atoms with E-state index in [4.69, 9.17) is 4.74 Å². The zero-order valence-corrected chi connectivity index (χ0v) is 8.97. The first-order chi connectivity index (χ1) is 6.69. The highest BCUT2D eigenvalue weighted by molar-refractivity contribution is 7.98. The highest BCUT2D eigenvalue weighted by Gasteiger charge is 2.13. The van der Waals surface area contributed by atoms with Crippen molar-refractivity contribution in [2.24, 2.45) is 0 Å². The zero-order valence-electron chi connectivity index (χ0n) is 8.16. The molecule has 0 bridgehead atoms. The van der Waals surface area contributed by atoms with Crippen LogP contribution in [0.5, 0.6) is 5.75 Å². The first-order valence-electron chi connectivity index (χ1n) is 4.19. The average Bonchev–Trinajstić information content (AvgIpc) is 2.18. The van der Waals surface area contributed by atoms with Crippen molar-refractivity contribution in [3.63, 3.8) is 0 Å². The summed E-state index contributed by atoms with van der Waals surface area (Å²) in [6.07, 6.45) is 1.20. The fourth-order valence-electron chi connectivity index (χ4n) is 1.21. The lowest BCUT2D eigenvalue weighted by Crippen LogP contribution is -2.03. The third-order valence-electron chi connectivity index (χ3n) is 1.88.